The Morgan fingerprint density at radius 3 is 2.50 bits per heavy atom. The lowest BCUT2D eigenvalue weighted by Crippen LogP contribution is -2.27. The van der Waals surface area contributed by atoms with E-state index in [0.29, 0.717) is 31.3 Å². The Bertz CT molecular complexity index is 422. The van der Waals surface area contributed by atoms with E-state index >= 15 is 0 Å². The molecule has 0 aliphatic carbocycles. The van der Waals surface area contributed by atoms with Crippen LogP contribution in [-0.2, 0) is 20.8 Å². The molecule has 0 atom stereocenters. The van der Waals surface area contributed by atoms with Gasteiger partial charge in [0, 0.05) is 13.7 Å². The molecule has 0 bridgehead atoms. The molecule has 0 saturated carbocycles. The number of benzene rings is 1. The molecule has 0 fully saturated rings. The number of nitrogens with one attached hydrogen (secondary N) is 1. The van der Waals surface area contributed by atoms with Crippen molar-refractivity contribution in [2.24, 2.45) is 0 Å². The number of rotatable bonds is 9. The Labute approximate surface area is 119 Å². The molecule has 1 N–H and O–H groups in total. The first-order valence-electron chi connectivity index (χ1n) is 6.25. The van der Waals surface area contributed by atoms with Crippen LogP contribution < -0.4 is 14.8 Å². The summed E-state index contributed by atoms with van der Waals surface area (Å²) in [5, 5.41) is 2.76. The molecule has 0 heterocycles. The van der Waals surface area contributed by atoms with Gasteiger partial charge in [0.2, 0.25) is 5.91 Å². The van der Waals surface area contributed by atoms with Gasteiger partial charge in [-0.25, -0.2) is 0 Å². The monoisotopic (exact) mass is 283 g/mol. The number of hydrogen-bond acceptors (Lipinski definition) is 5. The van der Waals surface area contributed by atoms with Crippen molar-refractivity contribution in [1.82, 2.24) is 5.32 Å². The van der Waals surface area contributed by atoms with Crippen LogP contribution in [0.2, 0.25) is 0 Å². The lowest BCUT2D eigenvalue weighted by molar-refractivity contribution is -0.126. The number of amides is 1. The number of ether oxygens (including phenoxy) is 4. The van der Waals surface area contributed by atoms with Gasteiger partial charge in [0.25, 0.3) is 0 Å². The highest BCUT2D eigenvalue weighted by Gasteiger charge is 2.06. The first-order valence-corrected chi connectivity index (χ1v) is 6.25. The summed E-state index contributed by atoms with van der Waals surface area (Å²) in [6, 6.07) is 5.49. The molecule has 0 unspecified atom stereocenters. The molecule has 0 spiro atoms. The molecule has 1 aromatic carbocycles. The normalized spacial score (nSPS) is 10.2. The summed E-state index contributed by atoms with van der Waals surface area (Å²) in [6.07, 6.45) is 0. The van der Waals surface area contributed by atoms with Crippen molar-refractivity contribution in [2.45, 2.75) is 6.54 Å². The maximum absolute atomic E-state index is 11.5. The van der Waals surface area contributed by atoms with Gasteiger partial charge in [-0.3, -0.25) is 4.79 Å². The van der Waals surface area contributed by atoms with Gasteiger partial charge in [-0.2, -0.15) is 0 Å². The zero-order valence-corrected chi connectivity index (χ0v) is 12.1. The fourth-order valence-corrected chi connectivity index (χ4v) is 1.55. The Balaban J connectivity index is 2.39. The Morgan fingerprint density at radius 1 is 1.10 bits per heavy atom. The minimum atomic E-state index is -0.170. The highest BCUT2D eigenvalue weighted by atomic mass is 16.5. The van der Waals surface area contributed by atoms with Crippen molar-refractivity contribution < 1.29 is 23.7 Å². The number of carbonyl (C=O) groups is 1. The lowest BCUT2D eigenvalue weighted by Gasteiger charge is -2.10. The van der Waals surface area contributed by atoms with Crippen LogP contribution in [0.15, 0.2) is 18.2 Å². The van der Waals surface area contributed by atoms with Gasteiger partial charge >= 0.3 is 0 Å². The molecular formula is C14H21NO5. The summed E-state index contributed by atoms with van der Waals surface area (Å²) in [6.45, 7) is 1.31. The maximum atomic E-state index is 11.5. The molecule has 112 valence electrons. The Hall–Kier alpha value is -1.79. The molecule has 1 aromatic rings. The van der Waals surface area contributed by atoms with E-state index < -0.39 is 0 Å². The number of hydrogen-bond donors (Lipinski definition) is 1. The van der Waals surface area contributed by atoms with Gasteiger partial charge < -0.3 is 24.3 Å². The van der Waals surface area contributed by atoms with Gasteiger partial charge in [0.05, 0.1) is 27.4 Å². The standard InChI is InChI=1S/C14H21NO5/c1-17-6-7-20-10-14(16)15-9-11-4-5-12(18-2)13(8-11)19-3/h4-5,8H,6-7,9-10H2,1-3H3,(H,15,16). The van der Waals surface area contributed by atoms with Crippen LogP contribution in [0, 0.1) is 0 Å². The molecular weight excluding hydrogens is 262 g/mol. The van der Waals surface area contributed by atoms with Crippen molar-refractivity contribution in [2.75, 3.05) is 41.2 Å². The fraction of sp³-hybridized carbons (Fsp3) is 0.500. The summed E-state index contributed by atoms with van der Waals surface area (Å²) < 4.78 is 20.3. The van der Waals surface area contributed by atoms with Crippen LogP contribution >= 0.6 is 0 Å². The zero-order valence-electron chi connectivity index (χ0n) is 12.1. The van der Waals surface area contributed by atoms with Gasteiger partial charge in [-0.15, -0.1) is 0 Å². The average molecular weight is 283 g/mol. The predicted octanol–water partition coefficient (Wildman–Crippen LogP) is 0.983. The predicted molar refractivity (Wildman–Crippen MR) is 74.1 cm³/mol. The molecule has 1 rings (SSSR count). The second-order valence-electron chi connectivity index (χ2n) is 4.01. The van der Waals surface area contributed by atoms with Crippen molar-refractivity contribution in [1.29, 1.82) is 0 Å². The van der Waals surface area contributed by atoms with E-state index in [-0.39, 0.29) is 12.5 Å². The van der Waals surface area contributed by atoms with Crippen LogP contribution in [0.25, 0.3) is 0 Å². The van der Waals surface area contributed by atoms with Crippen LogP contribution in [0.1, 0.15) is 5.56 Å². The molecule has 20 heavy (non-hydrogen) atoms. The highest BCUT2D eigenvalue weighted by molar-refractivity contribution is 5.77. The van der Waals surface area contributed by atoms with Gasteiger partial charge in [0.1, 0.15) is 6.61 Å². The van der Waals surface area contributed by atoms with E-state index in [9.17, 15) is 4.79 Å². The number of methoxy groups -OCH3 is 3. The van der Waals surface area contributed by atoms with E-state index in [1.165, 1.54) is 0 Å². The zero-order chi connectivity index (χ0) is 14.8. The third kappa shape index (κ3) is 5.46. The number of carbonyl (C=O) groups excluding carboxylic acids is 1. The molecule has 6 nitrogen and oxygen atoms in total. The minimum absolute atomic E-state index is 0.0245. The Morgan fingerprint density at radius 2 is 1.85 bits per heavy atom. The van der Waals surface area contributed by atoms with Crippen LogP contribution in [-0.4, -0.2) is 47.1 Å². The second-order valence-corrected chi connectivity index (χ2v) is 4.01. The first-order chi connectivity index (χ1) is 9.71. The van der Waals surface area contributed by atoms with E-state index in [4.69, 9.17) is 18.9 Å². The maximum Gasteiger partial charge on any atom is 0.246 e. The highest BCUT2D eigenvalue weighted by Crippen LogP contribution is 2.27. The molecule has 0 saturated heterocycles. The second kappa shape index (κ2) is 9.17. The molecule has 6 heteroatoms. The molecule has 1 amide bonds. The third-order valence-corrected chi connectivity index (χ3v) is 2.60. The topological polar surface area (TPSA) is 66.0 Å². The molecule has 0 aliphatic heterocycles. The van der Waals surface area contributed by atoms with Crippen molar-refractivity contribution in [3.63, 3.8) is 0 Å². The SMILES string of the molecule is COCCOCC(=O)NCc1ccc(OC)c(OC)c1. The van der Waals surface area contributed by atoms with E-state index in [1.54, 1.807) is 27.4 Å². The first kappa shape index (κ1) is 16.3. The molecule has 0 aliphatic rings. The van der Waals surface area contributed by atoms with Crippen LogP contribution in [0.3, 0.4) is 0 Å². The van der Waals surface area contributed by atoms with Crippen molar-refractivity contribution >= 4 is 5.91 Å². The van der Waals surface area contributed by atoms with Crippen LogP contribution in [0.5, 0.6) is 11.5 Å². The third-order valence-electron chi connectivity index (χ3n) is 2.60. The smallest absolute Gasteiger partial charge is 0.246 e. The lowest BCUT2D eigenvalue weighted by atomic mass is 10.2. The summed E-state index contributed by atoms with van der Waals surface area (Å²) >= 11 is 0. The van der Waals surface area contributed by atoms with Gasteiger partial charge in [0.15, 0.2) is 11.5 Å². The Kier molecular flexibility index (Phi) is 7.46. The van der Waals surface area contributed by atoms with Gasteiger partial charge in [-0.1, -0.05) is 6.07 Å². The average Bonchev–Trinajstić information content (AvgIpc) is 2.49. The largest absolute Gasteiger partial charge is 0.493 e. The summed E-state index contributed by atoms with van der Waals surface area (Å²) in [5.74, 6) is 1.12. The van der Waals surface area contributed by atoms with Crippen LogP contribution in [0.4, 0.5) is 0 Å². The quantitative estimate of drug-likeness (QED) is 0.684. The van der Waals surface area contributed by atoms with Crippen molar-refractivity contribution in [3.8, 4) is 11.5 Å². The fourth-order valence-electron chi connectivity index (χ4n) is 1.55. The van der Waals surface area contributed by atoms with E-state index in [2.05, 4.69) is 5.32 Å². The molecule has 0 aromatic heterocycles. The summed E-state index contributed by atoms with van der Waals surface area (Å²) in [7, 11) is 4.74. The summed E-state index contributed by atoms with van der Waals surface area (Å²) in [4.78, 5) is 11.5. The van der Waals surface area contributed by atoms with Gasteiger partial charge in [-0.05, 0) is 17.7 Å². The van der Waals surface area contributed by atoms with E-state index in [1.807, 2.05) is 12.1 Å². The minimum Gasteiger partial charge on any atom is -0.493 e. The van der Waals surface area contributed by atoms with E-state index in [0.717, 1.165) is 5.56 Å². The van der Waals surface area contributed by atoms with Crippen molar-refractivity contribution in [3.05, 3.63) is 23.8 Å². The summed E-state index contributed by atoms with van der Waals surface area (Å²) in [5.41, 5.74) is 0.924. The molecule has 0 radical (unpaired) electrons.